The van der Waals surface area contributed by atoms with Gasteiger partial charge in [-0.05, 0) is 18.4 Å². The first-order chi connectivity index (χ1) is 8.33. The van der Waals surface area contributed by atoms with Gasteiger partial charge in [-0.2, -0.15) is 0 Å². The molecule has 2 aromatic carbocycles. The monoisotopic (exact) mass is 223 g/mol. The summed E-state index contributed by atoms with van der Waals surface area (Å²) in [6, 6.07) is 14.5. The van der Waals surface area contributed by atoms with Gasteiger partial charge in [0.25, 0.3) is 0 Å². The van der Waals surface area contributed by atoms with Crippen LogP contribution < -0.4 is 5.32 Å². The zero-order chi connectivity index (χ0) is 11.7. The number of H-pyrrole nitrogens is 1. The fourth-order valence-corrected chi connectivity index (χ4v) is 1.94. The Morgan fingerprint density at radius 3 is 2.71 bits per heavy atom. The van der Waals surface area contributed by atoms with E-state index in [2.05, 4.69) is 39.6 Å². The normalized spacial score (nSPS) is 10.6. The number of benzene rings is 2. The van der Waals surface area contributed by atoms with Gasteiger partial charge in [-0.25, -0.2) is 4.98 Å². The van der Waals surface area contributed by atoms with E-state index in [1.165, 1.54) is 10.8 Å². The quantitative estimate of drug-likeness (QED) is 0.696. The van der Waals surface area contributed by atoms with E-state index < -0.39 is 0 Å². The Kier molecular flexibility index (Phi) is 2.29. The third kappa shape index (κ3) is 1.87. The highest BCUT2D eigenvalue weighted by atomic mass is 15.1. The maximum absolute atomic E-state index is 4.25. The van der Waals surface area contributed by atoms with E-state index in [4.69, 9.17) is 0 Å². The van der Waals surface area contributed by atoms with Crippen molar-refractivity contribution in [3.05, 3.63) is 54.4 Å². The van der Waals surface area contributed by atoms with Crippen LogP contribution in [0.25, 0.3) is 10.8 Å². The van der Waals surface area contributed by atoms with E-state index in [0.717, 1.165) is 17.3 Å². The van der Waals surface area contributed by atoms with Crippen molar-refractivity contribution in [2.75, 3.05) is 5.32 Å². The number of hydrogen-bond acceptors (Lipinski definition) is 2. The molecule has 0 atom stereocenters. The Bertz CT molecular complexity index is 650. The number of aromatic nitrogens is 2. The number of nitrogens with zero attached hydrogens (tertiary/aromatic N) is 1. The van der Waals surface area contributed by atoms with Gasteiger partial charge in [-0.3, -0.25) is 0 Å². The number of aromatic amines is 1. The summed E-state index contributed by atoms with van der Waals surface area (Å²) in [4.78, 5) is 7.42. The SMILES string of the molecule is Cc1cnc(Nc2cccc3ccccc23)[nH]1. The molecule has 17 heavy (non-hydrogen) atoms. The fourth-order valence-electron chi connectivity index (χ4n) is 1.94. The van der Waals surface area contributed by atoms with Crippen molar-refractivity contribution in [1.82, 2.24) is 9.97 Å². The lowest BCUT2D eigenvalue weighted by atomic mass is 10.1. The van der Waals surface area contributed by atoms with E-state index >= 15 is 0 Å². The highest BCUT2D eigenvalue weighted by Gasteiger charge is 2.02. The molecule has 3 nitrogen and oxygen atoms in total. The molecule has 0 fully saturated rings. The molecular weight excluding hydrogens is 210 g/mol. The highest BCUT2D eigenvalue weighted by molar-refractivity contribution is 5.94. The molecule has 0 radical (unpaired) electrons. The Labute approximate surface area is 99.5 Å². The molecule has 3 rings (SSSR count). The molecular formula is C14H13N3. The molecule has 0 saturated heterocycles. The van der Waals surface area contributed by atoms with E-state index in [1.54, 1.807) is 0 Å². The second-order valence-corrected chi connectivity index (χ2v) is 4.07. The Hall–Kier alpha value is -2.29. The second-order valence-electron chi connectivity index (χ2n) is 4.07. The van der Waals surface area contributed by atoms with Gasteiger partial charge < -0.3 is 10.3 Å². The van der Waals surface area contributed by atoms with Crippen LogP contribution in [0.5, 0.6) is 0 Å². The Balaban J connectivity index is 2.05. The number of hydrogen-bond donors (Lipinski definition) is 2. The molecule has 0 saturated carbocycles. The molecule has 0 aliphatic carbocycles. The lowest BCUT2D eigenvalue weighted by Crippen LogP contribution is -1.93. The van der Waals surface area contributed by atoms with Crippen molar-refractivity contribution >= 4 is 22.4 Å². The first kappa shape index (κ1) is 9.90. The van der Waals surface area contributed by atoms with E-state index in [1.807, 2.05) is 31.3 Å². The summed E-state index contributed by atoms with van der Waals surface area (Å²) in [5.74, 6) is 0.777. The average molecular weight is 223 g/mol. The molecule has 3 aromatic rings. The van der Waals surface area contributed by atoms with Crippen LogP contribution in [-0.2, 0) is 0 Å². The largest absolute Gasteiger partial charge is 0.328 e. The van der Waals surface area contributed by atoms with E-state index in [9.17, 15) is 0 Å². The second kappa shape index (κ2) is 3.94. The van der Waals surface area contributed by atoms with Crippen molar-refractivity contribution in [2.45, 2.75) is 6.92 Å². The minimum atomic E-state index is 0.777. The van der Waals surface area contributed by atoms with Crippen molar-refractivity contribution in [3.8, 4) is 0 Å². The first-order valence-corrected chi connectivity index (χ1v) is 5.59. The van der Waals surface area contributed by atoms with E-state index in [-0.39, 0.29) is 0 Å². The van der Waals surface area contributed by atoms with Crippen LogP contribution in [0, 0.1) is 6.92 Å². The molecule has 0 bridgehead atoms. The Morgan fingerprint density at radius 2 is 1.88 bits per heavy atom. The van der Waals surface area contributed by atoms with Crippen LogP contribution in [0.1, 0.15) is 5.69 Å². The molecule has 0 spiro atoms. The topological polar surface area (TPSA) is 40.7 Å². The summed E-state index contributed by atoms with van der Waals surface area (Å²) in [7, 11) is 0. The van der Waals surface area contributed by atoms with Gasteiger partial charge in [0.15, 0.2) is 0 Å². The number of rotatable bonds is 2. The lowest BCUT2D eigenvalue weighted by molar-refractivity contribution is 1.25. The van der Waals surface area contributed by atoms with Crippen LogP contribution in [0.3, 0.4) is 0 Å². The molecule has 0 unspecified atom stereocenters. The zero-order valence-electron chi connectivity index (χ0n) is 9.57. The third-order valence-corrected chi connectivity index (χ3v) is 2.75. The maximum atomic E-state index is 4.25. The zero-order valence-corrected chi connectivity index (χ0v) is 9.57. The summed E-state index contributed by atoms with van der Waals surface area (Å²) < 4.78 is 0. The molecule has 2 N–H and O–H groups in total. The summed E-state index contributed by atoms with van der Waals surface area (Å²) >= 11 is 0. The molecule has 0 aliphatic rings. The molecule has 0 amide bonds. The minimum absolute atomic E-state index is 0.777. The van der Waals surface area contributed by atoms with Crippen molar-refractivity contribution in [2.24, 2.45) is 0 Å². The van der Waals surface area contributed by atoms with Crippen LogP contribution in [0.15, 0.2) is 48.7 Å². The number of imidazole rings is 1. The van der Waals surface area contributed by atoms with Gasteiger partial charge in [0.05, 0.1) is 0 Å². The maximum Gasteiger partial charge on any atom is 0.204 e. The number of fused-ring (bicyclic) bond motifs is 1. The van der Waals surface area contributed by atoms with Crippen LogP contribution >= 0.6 is 0 Å². The minimum Gasteiger partial charge on any atom is -0.328 e. The predicted molar refractivity (Wildman–Crippen MR) is 70.6 cm³/mol. The third-order valence-electron chi connectivity index (χ3n) is 2.75. The molecule has 0 aliphatic heterocycles. The Morgan fingerprint density at radius 1 is 1.06 bits per heavy atom. The summed E-state index contributed by atoms with van der Waals surface area (Å²) in [5, 5.41) is 5.72. The van der Waals surface area contributed by atoms with Crippen molar-refractivity contribution in [1.29, 1.82) is 0 Å². The lowest BCUT2D eigenvalue weighted by Gasteiger charge is -2.07. The van der Waals surface area contributed by atoms with Gasteiger partial charge in [-0.15, -0.1) is 0 Å². The smallest absolute Gasteiger partial charge is 0.204 e. The number of nitrogens with one attached hydrogen (secondary N) is 2. The van der Waals surface area contributed by atoms with Gasteiger partial charge in [-0.1, -0.05) is 36.4 Å². The molecule has 3 heteroatoms. The summed E-state index contributed by atoms with van der Waals surface area (Å²) in [6.45, 7) is 1.99. The molecule has 1 heterocycles. The average Bonchev–Trinajstić information content (AvgIpc) is 2.75. The van der Waals surface area contributed by atoms with Crippen LogP contribution in [-0.4, -0.2) is 9.97 Å². The van der Waals surface area contributed by atoms with Gasteiger partial charge >= 0.3 is 0 Å². The predicted octanol–water partition coefficient (Wildman–Crippen LogP) is 3.61. The van der Waals surface area contributed by atoms with Gasteiger partial charge in [0, 0.05) is 23.0 Å². The van der Waals surface area contributed by atoms with Gasteiger partial charge in [0.1, 0.15) is 0 Å². The highest BCUT2D eigenvalue weighted by Crippen LogP contribution is 2.24. The summed E-state index contributed by atoms with van der Waals surface area (Å²) in [5.41, 5.74) is 2.12. The first-order valence-electron chi connectivity index (χ1n) is 5.59. The summed E-state index contributed by atoms with van der Waals surface area (Å²) in [6.07, 6.45) is 1.81. The molecule has 1 aromatic heterocycles. The van der Waals surface area contributed by atoms with Crippen molar-refractivity contribution in [3.63, 3.8) is 0 Å². The standard InChI is InChI=1S/C14H13N3/c1-10-9-15-14(16-10)17-13-8-4-6-11-5-2-3-7-12(11)13/h2-9H,1H3,(H2,15,16,17). The fraction of sp³-hybridized carbons (Fsp3) is 0.0714. The van der Waals surface area contributed by atoms with Crippen LogP contribution in [0.4, 0.5) is 11.6 Å². The molecule has 84 valence electrons. The number of anilines is 2. The van der Waals surface area contributed by atoms with Gasteiger partial charge in [0.2, 0.25) is 5.95 Å². The van der Waals surface area contributed by atoms with E-state index in [0.29, 0.717) is 0 Å². The van der Waals surface area contributed by atoms with Crippen molar-refractivity contribution < 1.29 is 0 Å². The number of aryl methyl sites for hydroxylation is 1. The van der Waals surface area contributed by atoms with Crippen LogP contribution in [0.2, 0.25) is 0 Å².